The van der Waals surface area contributed by atoms with Crippen LogP contribution < -0.4 is 0 Å². The molecule has 5 aliphatic heterocycles. The number of rotatable bonds is 39. The Kier molecular flexibility index (Phi) is 41.3. The number of hydrogen-bond donors (Lipinski definition) is 2. The Morgan fingerprint density at radius 3 is 1.02 bits per heavy atom. The van der Waals surface area contributed by atoms with Crippen LogP contribution in [-0.4, -0.2) is 238 Å². The third-order valence-corrected chi connectivity index (χ3v) is 27.4. The molecule has 5 fully saturated rings. The van der Waals surface area contributed by atoms with E-state index < -0.39 is 72.4 Å². The summed E-state index contributed by atoms with van der Waals surface area (Å²) in [6.45, 7) is 27.3. The molecule has 15 rings (SSSR count). The number of nitrogens with zero attached hydrogens (tertiary/aromatic N) is 11. The second-order valence-electron chi connectivity index (χ2n) is 36.1. The van der Waals surface area contributed by atoms with Gasteiger partial charge in [0.25, 0.3) is 0 Å². The maximum atomic E-state index is 12.7. The minimum Gasteiger partial charge on any atom is -0.480 e. The molecule has 0 saturated carbocycles. The van der Waals surface area contributed by atoms with Crippen LogP contribution in [0.5, 0.6) is 0 Å². The van der Waals surface area contributed by atoms with Gasteiger partial charge in [0.15, 0.2) is 0 Å². The molecule has 10 heterocycles. The van der Waals surface area contributed by atoms with E-state index in [0.717, 1.165) is 70.6 Å². The van der Waals surface area contributed by atoms with Crippen molar-refractivity contribution >= 4 is 128 Å². The predicted octanol–water partition coefficient (Wildman–Crippen LogP) is 17.0. The van der Waals surface area contributed by atoms with Crippen molar-refractivity contribution in [3.63, 3.8) is 0 Å². The first-order chi connectivity index (χ1) is 66.7. The number of esters is 8. The van der Waals surface area contributed by atoms with Crippen molar-refractivity contribution in [3.8, 4) is 42.3 Å². The van der Waals surface area contributed by atoms with Gasteiger partial charge in [0.1, 0.15) is 114 Å². The first-order valence-corrected chi connectivity index (χ1v) is 51.0. The van der Waals surface area contributed by atoms with E-state index in [1.165, 1.54) is 22.7 Å². The predicted molar refractivity (Wildman–Crippen MR) is 531 cm³/mol. The molecule has 5 aromatic heterocycles. The molecule has 10 aromatic rings. The molecular weight excluding hydrogens is 1900 g/mol. The van der Waals surface area contributed by atoms with Crippen LogP contribution >= 0.6 is 68.5 Å². The molecule has 0 bridgehead atoms. The molecule has 5 aliphatic rings. The summed E-state index contributed by atoms with van der Waals surface area (Å²) in [6, 6.07) is 39.0. The van der Waals surface area contributed by atoms with E-state index in [1.807, 2.05) is 225 Å². The lowest BCUT2D eigenvalue weighted by atomic mass is 10.00. The van der Waals surface area contributed by atoms with E-state index in [2.05, 4.69) is 33.8 Å². The maximum absolute atomic E-state index is 12.7. The SMILES string of the molecule is CC(C)C[C@@H](C(=O)O)N1COC(=O)C1Cc1csc(-c2ccccc2)n1.CC(C)C[C@H]1C(=O)OCN1[C@@H](Cc1csc(-c2ccccc2)n1)C(=O)O.CCOC(=O)[C@H](CC(C)C)N1COC(=O)C1Cc1cncn1Cc1cc(Cl)cc(Cl)c1.CCOC(=O)[C@H](CC(C)C)N1COC(=O)C1Cc1csc(-c2ccccc2)n1.CCOC(=O)[C@H](Cc1csc(-c2ccccc2)n1)N1COC(=O)[C@@H]1CC(C)C. The second-order valence-corrected chi connectivity index (χ2v) is 40.4. The summed E-state index contributed by atoms with van der Waals surface area (Å²) in [4.78, 5) is 154. The Bertz CT molecular complexity index is 5670. The first-order valence-electron chi connectivity index (χ1n) is 46.7. The van der Waals surface area contributed by atoms with Gasteiger partial charge in [-0.15, -0.1) is 45.3 Å². The average Bonchev–Trinajstić information content (AvgIpc) is 1.68. The Morgan fingerprint density at radius 1 is 0.388 bits per heavy atom. The zero-order chi connectivity index (χ0) is 100. The van der Waals surface area contributed by atoms with Crippen LogP contribution in [0, 0.1) is 29.6 Å². The molecule has 0 spiro atoms. The van der Waals surface area contributed by atoms with Crippen LogP contribution in [0.1, 0.15) is 156 Å². The van der Waals surface area contributed by atoms with Gasteiger partial charge in [0, 0.05) is 104 Å². The summed E-state index contributed by atoms with van der Waals surface area (Å²) < 4.78 is 43.9. The number of aromatic nitrogens is 6. The quantitative estimate of drug-likeness (QED) is 0.0267. The van der Waals surface area contributed by atoms with Crippen molar-refractivity contribution in [2.24, 2.45) is 29.6 Å². The van der Waals surface area contributed by atoms with Crippen LogP contribution in [0.25, 0.3) is 42.3 Å². The molecule has 2 N–H and O–H groups in total. The molecule has 744 valence electrons. The highest BCUT2D eigenvalue weighted by Crippen LogP contribution is 2.36. The molecule has 0 radical (unpaired) electrons. The summed E-state index contributed by atoms with van der Waals surface area (Å²) >= 11 is 18.3. The summed E-state index contributed by atoms with van der Waals surface area (Å²) in [7, 11) is 0. The van der Waals surface area contributed by atoms with Gasteiger partial charge >= 0.3 is 59.7 Å². The number of carboxylic acids is 2. The van der Waals surface area contributed by atoms with Crippen LogP contribution in [0.3, 0.4) is 0 Å². The minimum atomic E-state index is -0.966. The van der Waals surface area contributed by atoms with E-state index in [0.29, 0.717) is 99.2 Å². The molecule has 5 saturated heterocycles. The molecule has 31 nitrogen and oxygen atoms in total. The molecule has 3 unspecified atom stereocenters. The molecule has 10 atom stereocenters. The highest BCUT2D eigenvalue weighted by atomic mass is 35.5. The van der Waals surface area contributed by atoms with E-state index in [9.17, 15) is 58.2 Å². The number of benzene rings is 5. The van der Waals surface area contributed by atoms with Crippen molar-refractivity contribution in [1.82, 2.24) is 54.0 Å². The molecular formula is C102H123Cl2N11O20S4. The van der Waals surface area contributed by atoms with Gasteiger partial charge in [-0.3, -0.25) is 47.9 Å². The Balaban J connectivity index is 0.000000167. The van der Waals surface area contributed by atoms with E-state index in [4.69, 9.17) is 66.1 Å². The Morgan fingerprint density at radius 2 is 0.683 bits per heavy atom. The summed E-state index contributed by atoms with van der Waals surface area (Å²) in [5, 5.41) is 31.7. The monoisotopic (exact) mass is 2020 g/mol. The molecule has 37 heteroatoms. The van der Waals surface area contributed by atoms with Gasteiger partial charge < -0.3 is 52.7 Å². The largest absolute Gasteiger partial charge is 0.480 e. The zero-order valence-electron chi connectivity index (χ0n) is 80.4. The van der Waals surface area contributed by atoms with Gasteiger partial charge in [0.05, 0.1) is 48.9 Å². The fourth-order valence-electron chi connectivity index (χ4n) is 16.6. The van der Waals surface area contributed by atoms with Crippen LogP contribution in [0.4, 0.5) is 0 Å². The molecule has 139 heavy (non-hydrogen) atoms. The number of hydrogen-bond acceptors (Lipinski definition) is 32. The van der Waals surface area contributed by atoms with E-state index in [-0.39, 0.29) is 118 Å². The zero-order valence-corrected chi connectivity index (χ0v) is 85.2. The van der Waals surface area contributed by atoms with E-state index in [1.54, 1.807) is 76.7 Å². The highest BCUT2D eigenvalue weighted by Gasteiger charge is 2.48. The van der Waals surface area contributed by atoms with Crippen molar-refractivity contribution in [2.45, 2.75) is 221 Å². The van der Waals surface area contributed by atoms with Gasteiger partial charge in [-0.1, -0.05) is 214 Å². The van der Waals surface area contributed by atoms with Gasteiger partial charge in [-0.2, -0.15) is 0 Å². The van der Waals surface area contributed by atoms with Crippen molar-refractivity contribution in [2.75, 3.05) is 53.5 Å². The number of halogens is 2. The van der Waals surface area contributed by atoms with Gasteiger partial charge in [-0.25, -0.2) is 49.4 Å². The Hall–Kier alpha value is -11.1. The number of aliphatic carboxylic acids is 2. The van der Waals surface area contributed by atoms with Crippen LogP contribution in [-0.2, 0) is 124 Å². The number of imidazole rings is 1. The van der Waals surface area contributed by atoms with Gasteiger partial charge in [-0.05, 0) is 106 Å². The summed E-state index contributed by atoms with van der Waals surface area (Å²) in [5.74, 6) is -3.20. The number of ether oxygens (including phenoxy) is 8. The van der Waals surface area contributed by atoms with E-state index >= 15 is 0 Å². The first kappa shape index (κ1) is 108. The van der Waals surface area contributed by atoms with Crippen LogP contribution in [0.2, 0.25) is 10.0 Å². The van der Waals surface area contributed by atoms with Crippen molar-refractivity contribution < 1.29 is 96.1 Å². The fraction of sp³-hybridized carbons (Fsp3) is 0.461. The average molecular weight is 2020 g/mol. The summed E-state index contributed by atoms with van der Waals surface area (Å²) in [5.41, 5.74) is 9.02. The normalized spacial score (nSPS) is 18.4. The number of carbonyl (C=O) groups excluding carboxylic acids is 8. The third kappa shape index (κ3) is 31.0. The molecule has 0 aliphatic carbocycles. The minimum absolute atomic E-state index is 0.0167. The number of carbonyl (C=O) groups is 10. The van der Waals surface area contributed by atoms with Crippen LogP contribution in [0.15, 0.2) is 174 Å². The number of thiazole rings is 4. The molecule has 5 aromatic carbocycles. The second kappa shape index (κ2) is 53.0. The third-order valence-electron chi connectivity index (χ3n) is 23.2. The number of cyclic esters (lactones) is 5. The topological polar surface area (TPSA) is 371 Å². The van der Waals surface area contributed by atoms with Crippen molar-refractivity contribution in [3.05, 3.63) is 218 Å². The fourth-order valence-corrected chi connectivity index (χ4v) is 20.6. The number of carboxylic acid groups (broad SMARTS) is 2. The molecule has 0 amide bonds. The van der Waals surface area contributed by atoms with Gasteiger partial charge in [0.2, 0.25) is 0 Å². The standard InChI is InChI=1S/C22H27Cl2N3O4.2C21H26N2O4S.2C19H22N2O4S/c1-4-30-21(28)19(5-14(2)3)27-13-31-22(29)20(27)9-18-10-25-12-26(18)11-15-6-16(23)8-17(24)7-15;1-4-26-20(24)18(23-13-27-21(25)17(23)10-14(2)3)11-16-12-28-19(22-16)15-8-6-5-7-9-15;1-4-26-20(24)17(10-14(2)3)23-13-27-21(25)18(23)11-16-12-28-19(22-16)15-8-6-5-7-9-15;1-12(2)8-16-19(24)25-11-21(16)15(18(22)23)9-14-10-26-17(20-14)13-6-4-3-5-7-13;1-12(2)8-15(18(22)23)21-11-25-19(24)16(21)9-14-10-26-17(20-14)13-6-4-3-5-7-13/h6-8,10,12,14,19-20H,4-5,9,11,13H2,1-3H3;2*5-9,12,14,17-18H,4,10-11,13H2,1-3H3;2*3-7,10,12,15-16H,8-9,11H2,1-2H3,(H,22,23)/t19-,20?;17-,18-;17-,18?;15-,16-;15-,16?/m00000/s1. The highest BCUT2D eigenvalue weighted by molar-refractivity contribution is 7.14. The van der Waals surface area contributed by atoms with Crippen molar-refractivity contribution in [1.29, 1.82) is 0 Å². The maximum Gasteiger partial charge on any atom is 0.325 e. The summed E-state index contributed by atoms with van der Waals surface area (Å²) in [6.07, 6.45) is 8.04. The lowest BCUT2D eigenvalue weighted by molar-refractivity contribution is -0.152. The Labute approximate surface area is 836 Å². The smallest absolute Gasteiger partial charge is 0.325 e. The lowest BCUT2D eigenvalue weighted by Crippen LogP contribution is -2.48. The lowest BCUT2D eigenvalue weighted by Gasteiger charge is -2.29.